The number of aromatic nitrogens is 2. The van der Waals surface area contributed by atoms with Gasteiger partial charge < -0.3 is 10.2 Å². The molecule has 0 radical (unpaired) electrons. The van der Waals surface area contributed by atoms with Crippen LogP contribution >= 0.6 is 11.6 Å². The third kappa shape index (κ3) is 4.64. The van der Waals surface area contributed by atoms with Crippen LogP contribution in [0, 0.1) is 6.92 Å². The number of nitrogens with one attached hydrogen (secondary N) is 1. The largest absolute Gasteiger partial charge is 0.323 e. The highest BCUT2D eigenvalue weighted by atomic mass is 35.5. The number of hydrogen-bond donors (Lipinski definition) is 1. The molecule has 0 aliphatic heterocycles. The van der Waals surface area contributed by atoms with Crippen molar-refractivity contribution in [3.05, 3.63) is 82.6 Å². The Kier molecular flexibility index (Phi) is 5.58. The van der Waals surface area contributed by atoms with Crippen LogP contribution in [0.1, 0.15) is 16.7 Å². The van der Waals surface area contributed by atoms with Crippen molar-refractivity contribution in [1.29, 1.82) is 0 Å². The number of carbonyl (C=O) groups excluding carboxylic acids is 1. The van der Waals surface area contributed by atoms with Gasteiger partial charge in [-0.3, -0.25) is 4.68 Å². The number of amides is 2. The van der Waals surface area contributed by atoms with E-state index < -0.39 is 0 Å². The zero-order valence-corrected chi connectivity index (χ0v) is 15.6. The molecule has 134 valence electrons. The Hall–Kier alpha value is -2.79. The number of benzene rings is 2. The second-order valence-corrected chi connectivity index (χ2v) is 6.69. The predicted octanol–water partition coefficient (Wildman–Crippen LogP) is 4.56. The number of rotatable bonds is 5. The van der Waals surface area contributed by atoms with Gasteiger partial charge in [-0.15, -0.1) is 0 Å². The maximum Gasteiger partial charge on any atom is 0.321 e. The SMILES string of the molecule is Cc1ccc(NC(=O)N(C)Cc2cnn(Cc3ccccc3)c2)cc1Cl. The minimum Gasteiger partial charge on any atom is -0.323 e. The second-order valence-electron chi connectivity index (χ2n) is 6.28. The number of nitrogens with zero attached hydrogens (tertiary/aromatic N) is 3. The molecule has 2 amide bonds. The first kappa shape index (κ1) is 18.0. The molecule has 0 aliphatic rings. The lowest BCUT2D eigenvalue weighted by molar-refractivity contribution is 0.220. The lowest BCUT2D eigenvalue weighted by Crippen LogP contribution is -2.30. The molecule has 0 spiro atoms. The molecule has 3 rings (SSSR count). The molecule has 0 saturated heterocycles. The van der Waals surface area contributed by atoms with Crippen LogP contribution in [0.3, 0.4) is 0 Å². The van der Waals surface area contributed by atoms with E-state index in [0.717, 1.165) is 11.1 Å². The highest BCUT2D eigenvalue weighted by Gasteiger charge is 2.11. The van der Waals surface area contributed by atoms with E-state index in [-0.39, 0.29) is 6.03 Å². The molecule has 6 heteroatoms. The van der Waals surface area contributed by atoms with Crippen molar-refractivity contribution in [3.8, 4) is 0 Å². The molecular formula is C20H21ClN4O. The standard InChI is InChI=1S/C20H21ClN4O/c1-15-8-9-18(10-19(15)21)23-20(26)24(2)12-17-11-22-25(14-17)13-16-6-4-3-5-7-16/h3-11,14H,12-13H2,1-2H3,(H,23,26). The lowest BCUT2D eigenvalue weighted by atomic mass is 10.2. The van der Waals surface area contributed by atoms with Crippen molar-refractivity contribution in [2.24, 2.45) is 0 Å². The summed E-state index contributed by atoms with van der Waals surface area (Å²) in [7, 11) is 1.75. The average Bonchev–Trinajstić information content (AvgIpc) is 3.06. The van der Waals surface area contributed by atoms with Crippen molar-refractivity contribution < 1.29 is 4.79 Å². The lowest BCUT2D eigenvalue weighted by Gasteiger charge is -2.17. The monoisotopic (exact) mass is 368 g/mol. The van der Waals surface area contributed by atoms with Gasteiger partial charge in [0.2, 0.25) is 0 Å². The van der Waals surface area contributed by atoms with Crippen LogP contribution in [0.4, 0.5) is 10.5 Å². The van der Waals surface area contributed by atoms with Crippen molar-refractivity contribution in [3.63, 3.8) is 0 Å². The average molecular weight is 369 g/mol. The normalized spacial score (nSPS) is 10.6. The van der Waals surface area contributed by atoms with Crippen molar-refractivity contribution in [2.75, 3.05) is 12.4 Å². The highest BCUT2D eigenvalue weighted by molar-refractivity contribution is 6.31. The van der Waals surface area contributed by atoms with Crippen LogP contribution in [0.5, 0.6) is 0 Å². The van der Waals surface area contributed by atoms with Crippen molar-refractivity contribution in [1.82, 2.24) is 14.7 Å². The summed E-state index contributed by atoms with van der Waals surface area (Å²) in [6, 6.07) is 15.4. The fourth-order valence-corrected chi connectivity index (χ4v) is 2.76. The first-order valence-electron chi connectivity index (χ1n) is 8.35. The molecule has 2 aromatic carbocycles. The van der Waals surface area contributed by atoms with Gasteiger partial charge in [0.25, 0.3) is 0 Å². The van der Waals surface area contributed by atoms with Gasteiger partial charge in [-0.25, -0.2) is 4.79 Å². The number of urea groups is 1. The molecule has 1 N–H and O–H groups in total. The van der Waals surface area contributed by atoms with Crippen LogP contribution in [-0.2, 0) is 13.1 Å². The topological polar surface area (TPSA) is 50.2 Å². The molecule has 0 unspecified atom stereocenters. The van der Waals surface area contributed by atoms with Gasteiger partial charge in [-0.1, -0.05) is 48.0 Å². The fourth-order valence-electron chi connectivity index (χ4n) is 2.58. The van der Waals surface area contributed by atoms with E-state index in [0.29, 0.717) is 23.8 Å². The van der Waals surface area contributed by atoms with Gasteiger partial charge in [-0.2, -0.15) is 5.10 Å². The van der Waals surface area contributed by atoms with Crippen LogP contribution in [-0.4, -0.2) is 27.8 Å². The Balaban J connectivity index is 1.58. The summed E-state index contributed by atoms with van der Waals surface area (Å²) in [6.45, 7) is 3.10. The third-order valence-corrected chi connectivity index (χ3v) is 4.47. The van der Waals surface area contributed by atoms with Gasteiger partial charge in [0, 0.05) is 29.5 Å². The van der Waals surface area contributed by atoms with E-state index in [2.05, 4.69) is 22.5 Å². The molecule has 5 nitrogen and oxygen atoms in total. The number of halogens is 1. The zero-order chi connectivity index (χ0) is 18.5. The van der Waals surface area contributed by atoms with E-state index in [1.54, 1.807) is 24.2 Å². The summed E-state index contributed by atoms with van der Waals surface area (Å²) in [5.74, 6) is 0. The summed E-state index contributed by atoms with van der Waals surface area (Å²) in [5, 5.41) is 7.85. The first-order chi connectivity index (χ1) is 12.5. The molecule has 0 aliphatic carbocycles. The minimum atomic E-state index is -0.194. The number of anilines is 1. The molecule has 3 aromatic rings. The third-order valence-electron chi connectivity index (χ3n) is 4.06. The van der Waals surface area contributed by atoms with E-state index in [1.165, 1.54) is 5.56 Å². The van der Waals surface area contributed by atoms with Crippen LogP contribution in [0.2, 0.25) is 5.02 Å². The molecule has 1 aromatic heterocycles. The van der Waals surface area contributed by atoms with Gasteiger partial charge >= 0.3 is 6.03 Å². The fraction of sp³-hybridized carbons (Fsp3) is 0.200. The van der Waals surface area contributed by atoms with Crippen molar-refractivity contribution in [2.45, 2.75) is 20.0 Å². The summed E-state index contributed by atoms with van der Waals surface area (Å²) in [4.78, 5) is 14.0. The van der Waals surface area contributed by atoms with Crippen LogP contribution < -0.4 is 5.32 Å². The quantitative estimate of drug-likeness (QED) is 0.717. The van der Waals surface area contributed by atoms with Crippen LogP contribution in [0.25, 0.3) is 0 Å². The molecular weight excluding hydrogens is 348 g/mol. The molecule has 0 fully saturated rings. The van der Waals surface area contributed by atoms with Gasteiger partial charge in [0.05, 0.1) is 19.3 Å². The Morgan fingerprint density at radius 1 is 1.19 bits per heavy atom. The number of carbonyl (C=O) groups is 1. The van der Waals surface area contributed by atoms with E-state index >= 15 is 0 Å². The zero-order valence-electron chi connectivity index (χ0n) is 14.8. The van der Waals surface area contributed by atoms with Gasteiger partial charge in [0.1, 0.15) is 0 Å². The summed E-state index contributed by atoms with van der Waals surface area (Å²) in [6.07, 6.45) is 3.75. The van der Waals surface area contributed by atoms with Crippen LogP contribution in [0.15, 0.2) is 60.9 Å². The maximum atomic E-state index is 12.4. The Morgan fingerprint density at radius 2 is 1.96 bits per heavy atom. The maximum absolute atomic E-state index is 12.4. The molecule has 0 saturated carbocycles. The van der Waals surface area contributed by atoms with E-state index in [9.17, 15) is 4.79 Å². The Morgan fingerprint density at radius 3 is 2.69 bits per heavy atom. The molecule has 0 atom stereocenters. The first-order valence-corrected chi connectivity index (χ1v) is 8.72. The number of hydrogen-bond acceptors (Lipinski definition) is 2. The predicted molar refractivity (Wildman–Crippen MR) is 104 cm³/mol. The smallest absolute Gasteiger partial charge is 0.321 e. The summed E-state index contributed by atoms with van der Waals surface area (Å²) in [5.41, 5.74) is 3.81. The van der Waals surface area contributed by atoms with Gasteiger partial charge in [0.15, 0.2) is 0 Å². The minimum absolute atomic E-state index is 0.194. The highest BCUT2D eigenvalue weighted by Crippen LogP contribution is 2.20. The summed E-state index contributed by atoms with van der Waals surface area (Å²) >= 11 is 6.10. The summed E-state index contributed by atoms with van der Waals surface area (Å²) < 4.78 is 1.87. The Bertz CT molecular complexity index is 892. The van der Waals surface area contributed by atoms with Gasteiger partial charge in [-0.05, 0) is 30.2 Å². The number of aryl methyl sites for hydroxylation is 1. The Labute approximate surface area is 158 Å². The van der Waals surface area contributed by atoms with E-state index in [4.69, 9.17) is 11.6 Å². The molecule has 0 bridgehead atoms. The second kappa shape index (κ2) is 8.06. The molecule has 26 heavy (non-hydrogen) atoms. The van der Waals surface area contributed by atoms with E-state index in [1.807, 2.05) is 48.1 Å². The molecule has 1 heterocycles. The van der Waals surface area contributed by atoms with Crippen molar-refractivity contribution >= 4 is 23.3 Å².